The van der Waals surface area contributed by atoms with Gasteiger partial charge in [0, 0.05) is 35.2 Å². The highest BCUT2D eigenvalue weighted by molar-refractivity contribution is 7.17. The minimum Gasteiger partial charge on any atom is -0.486 e. The van der Waals surface area contributed by atoms with E-state index in [2.05, 4.69) is 10.3 Å². The monoisotopic (exact) mass is 468 g/mol. The van der Waals surface area contributed by atoms with E-state index in [-0.39, 0.29) is 17.8 Å². The summed E-state index contributed by atoms with van der Waals surface area (Å²) in [5.74, 6) is 0.995. The molecule has 32 heavy (non-hydrogen) atoms. The predicted molar refractivity (Wildman–Crippen MR) is 126 cm³/mol. The van der Waals surface area contributed by atoms with Gasteiger partial charge in [0.15, 0.2) is 5.78 Å². The number of hydrogen-bond acceptors (Lipinski definition) is 6. The quantitative estimate of drug-likeness (QED) is 0.398. The van der Waals surface area contributed by atoms with E-state index < -0.39 is 0 Å². The van der Waals surface area contributed by atoms with Crippen LogP contribution in [0.3, 0.4) is 0 Å². The second kappa shape index (κ2) is 9.54. The average Bonchev–Trinajstić information content (AvgIpc) is 3.44. The SMILES string of the molecule is COc1ccc(/C=C/C(=O)NCC2Cc3cc(-c4ccc(C(C)=O)s4)cc(Cl)c3O2)cn1. The number of carbonyl (C=O) groups excluding carboxylic acids is 2. The predicted octanol–water partition coefficient (Wildman–Crippen LogP) is 4.81. The summed E-state index contributed by atoms with van der Waals surface area (Å²) in [5, 5.41) is 3.38. The highest BCUT2D eigenvalue weighted by atomic mass is 35.5. The number of pyridine rings is 1. The molecular weight excluding hydrogens is 448 g/mol. The van der Waals surface area contributed by atoms with Gasteiger partial charge in [-0.1, -0.05) is 11.6 Å². The van der Waals surface area contributed by atoms with Crippen LogP contribution in [0.1, 0.15) is 27.7 Å². The molecule has 0 fully saturated rings. The number of Topliss-reactive ketones (excluding diaryl/α,β-unsaturated/α-hetero) is 1. The third kappa shape index (κ3) is 5.00. The minimum atomic E-state index is -0.220. The molecule has 0 spiro atoms. The smallest absolute Gasteiger partial charge is 0.244 e. The molecular formula is C24H21ClN2O4S. The molecule has 6 nitrogen and oxygen atoms in total. The van der Waals surface area contributed by atoms with Crippen LogP contribution in [0.5, 0.6) is 11.6 Å². The lowest BCUT2D eigenvalue weighted by Gasteiger charge is -2.11. The van der Waals surface area contributed by atoms with E-state index in [1.165, 1.54) is 17.4 Å². The summed E-state index contributed by atoms with van der Waals surface area (Å²) < 4.78 is 11.0. The molecule has 2 aromatic heterocycles. The Morgan fingerprint density at radius 2 is 2.16 bits per heavy atom. The molecule has 0 saturated heterocycles. The lowest BCUT2D eigenvalue weighted by atomic mass is 10.1. The zero-order valence-electron chi connectivity index (χ0n) is 17.6. The van der Waals surface area contributed by atoms with Crippen LogP contribution in [-0.2, 0) is 11.2 Å². The maximum Gasteiger partial charge on any atom is 0.244 e. The van der Waals surface area contributed by atoms with Crippen molar-refractivity contribution in [3.05, 3.63) is 69.7 Å². The van der Waals surface area contributed by atoms with E-state index in [9.17, 15) is 9.59 Å². The highest BCUT2D eigenvalue weighted by Crippen LogP contribution is 2.41. The fraction of sp³-hybridized carbons (Fsp3) is 0.208. The lowest BCUT2D eigenvalue weighted by Crippen LogP contribution is -2.33. The number of benzene rings is 1. The molecule has 1 unspecified atom stereocenters. The third-order valence-electron chi connectivity index (χ3n) is 4.99. The number of rotatable bonds is 7. The van der Waals surface area contributed by atoms with Crippen molar-refractivity contribution in [3.63, 3.8) is 0 Å². The summed E-state index contributed by atoms with van der Waals surface area (Å²) in [6.45, 7) is 1.92. The van der Waals surface area contributed by atoms with E-state index >= 15 is 0 Å². The van der Waals surface area contributed by atoms with Gasteiger partial charge in [0.2, 0.25) is 11.8 Å². The number of ketones is 1. The van der Waals surface area contributed by atoms with Crippen LogP contribution < -0.4 is 14.8 Å². The summed E-state index contributed by atoms with van der Waals surface area (Å²) in [5.41, 5.74) is 2.74. The molecule has 164 valence electrons. The largest absolute Gasteiger partial charge is 0.486 e. The van der Waals surface area contributed by atoms with Crippen molar-refractivity contribution >= 4 is 40.7 Å². The normalized spacial score (nSPS) is 14.8. The van der Waals surface area contributed by atoms with Gasteiger partial charge in [-0.05, 0) is 54.5 Å². The fourth-order valence-electron chi connectivity index (χ4n) is 3.38. The molecule has 0 bridgehead atoms. The van der Waals surface area contributed by atoms with Gasteiger partial charge in [-0.15, -0.1) is 11.3 Å². The van der Waals surface area contributed by atoms with Crippen molar-refractivity contribution in [2.24, 2.45) is 0 Å². The number of halogens is 1. The number of ether oxygens (including phenoxy) is 2. The molecule has 3 aromatic rings. The Hall–Kier alpha value is -3.16. The van der Waals surface area contributed by atoms with E-state index in [0.29, 0.717) is 34.5 Å². The second-order valence-electron chi connectivity index (χ2n) is 7.32. The van der Waals surface area contributed by atoms with Crippen molar-refractivity contribution in [1.29, 1.82) is 0 Å². The maximum atomic E-state index is 12.2. The Kier molecular flexibility index (Phi) is 6.58. The summed E-state index contributed by atoms with van der Waals surface area (Å²) in [6, 6.07) is 11.2. The van der Waals surface area contributed by atoms with Gasteiger partial charge in [-0.2, -0.15) is 0 Å². The Morgan fingerprint density at radius 3 is 2.84 bits per heavy atom. The van der Waals surface area contributed by atoms with Crippen LogP contribution >= 0.6 is 22.9 Å². The van der Waals surface area contributed by atoms with Crippen LogP contribution in [0.25, 0.3) is 16.5 Å². The zero-order valence-corrected chi connectivity index (χ0v) is 19.1. The molecule has 0 aliphatic carbocycles. The number of nitrogens with zero attached hydrogens (tertiary/aromatic N) is 1. The van der Waals surface area contributed by atoms with Gasteiger partial charge in [0.05, 0.1) is 23.6 Å². The van der Waals surface area contributed by atoms with Crippen molar-refractivity contribution in [2.45, 2.75) is 19.4 Å². The number of hydrogen-bond donors (Lipinski definition) is 1. The average molecular weight is 469 g/mol. The molecule has 3 heterocycles. The topological polar surface area (TPSA) is 77.5 Å². The van der Waals surface area contributed by atoms with Crippen molar-refractivity contribution in [3.8, 4) is 22.1 Å². The number of carbonyl (C=O) groups is 2. The van der Waals surface area contributed by atoms with E-state index in [1.54, 1.807) is 32.4 Å². The number of amides is 1. The first-order valence-electron chi connectivity index (χ1n) is 9.99. The number of fused-ring (bicyclic) bond motifs is 1. The first-order chi connectivity index (χ1) is 15.4. The molecule has 1 N–H and O–H groups in total. The zero-order chi connectivity index (χ0) is 22.7. The molecule has 0 saturated carbocycles. The minimum absolute atomic E-state index is 0.0462. The number of methoxy groups -OCH3 is 1. The molecule has 1 aliphatic rings. The first kappa shape index (κ1) is 22.0. The summed E-state index contributed by atoms with van der Waals surface area (Å²) in [7, 11) is 1.55. The Labute approximate surface area is 194 Å². The van der Waals surface area contributed by atoms with Crippen LogP contribution in [0.15, 0.2) is 48.7 Å². The van der Waals surface area contributed by atoms with E-state index in [0.717, 1.165) is 21.6 Å². The van der Waals surface area contributed by atoms with Crippen LogP contribution in [0.4, 0.5) is 0 Å². The van der Waals surface area contributed by atoms with Gasteiger partial charge >= 0.3 is 0 Å². The maximum absolute atomic E-state index is 12.2. The second-order valence-corrected chi connectivity index (χ2v) is 8.81. The number of thiophene rings is 1. The Bertz CT molecular complexity index is 1190. The van der Waals surface area contributed by atoms with Gasteiger partial charge in [0.25, 0.3) is 0 Å². The van der Waals surface area contributed by atoms with E-state index in [1.807, 2.05) is 30.3 Å². The van der Waals surface area contributed by atoms with Crippen molar-refractivity contribution in [1.82, 2.24) is 10.3 Å². The standard InChI is InChI=1S/C24H21ClN2O4S/c1-14(28)20-5-6-21(32-20)16-9-17-10-18(31-24(17)19(25)11-16)13-26-22(29)7-3-15-4-8-23(30-2)27-12-15/h3-9,11-12,18H,10,13H2,1-2H3,(H,26,29)/b7-3+. The van der Waals surface area contributed by atoms with Gasteiger partial charge < -0.3 is 14.8 Å². The summed E-state index contributed by atoms with van der Waals surface area (Å²) >= 11 is 7.90. The van der Waals surface area contributed by atoms with Crippen molar-refractivity contribution in [2.75, 3.05) is 13.7 Å². The fourth-order valence-corrected chi connectivity index (χ4v) is 4.55. The number of aromatic nitrogens is 1. The first-order valence-corrected chi connectivity index (χ1v) is 11.2. The number of nitrogens with one attached hydrogen (secondary N) is 1. The molecule has 1 aliphatic heterocycles. The lowest BCUT2D eigenvalue weighted by molar-refractivity contribution is -0.116. The molecule has 1 amide bonds. The molecule has 1 aromatic carbocycles. The van der Waals surface area contributed by atoms with Gasteiger partial charge in [-0.3, -0.25) is 9.59 Å². The molecule has 8 heteroatoms. The van der Waals surface area contributed by atoms with Crippen LogP contribution in [-0.4, -0.2) is 36.4 Å². The van der Waals surface area contributed by atoms with Crippen LogP contribution in [0.2, 0.25) is 5.02 Å². The Morgan fingerprint density at radius 1 is 1.31 bits per heavy atom. The van der Waals surface area contributed by atoms with Gasteiger partial charge in [-0.25, -0.2) is 4.98 Å². The third-order valence-corrected chi connectivity index (χ3v) is 6.51. The molecule has 4 rings (SSSR count). The van der Waals surface area contributed by atoms with Gasteiger partial charge in [0.1, 0.15) is 11.9 Å². The highest BCUT2D eigenvalue weighted by Gasteiger charge is 2.26. The van der Waals surface area contributed by atoms with Crippen molar-refractivity contribution < 1.29 is 19.1 Å². The summed E-state index contributed by atoms with van der Waals surface area (Å²) in [6.07, 6.45) is 5.21. The molecule has 1 atom stereocenters. The summed E-state index contributed by atoms with van der Waals surface area (Å²) in [4.78, 5) is 29.6. The van der Waals surface area contributed by atoms with E-state index in [4.69, 9.17) is 21.1 Å². The Balaban J connectivity index is 1.36. The van der Waals surface area contributed by atoms with Crippen LogP contribution in [0, 0.1) is 0 Å². The molecule has 0 radical (unpaired) electrons.